The van der Waals surface area contributed by atoms with Gasteiger partial charge in [0.25, 0.3) is 0 Å². The molecule has 0 amide bonds. The Morgan fingerprint density at radius 3 is 1.91 bits per heavy atom. The van der Waals surface area contributed by atoms with Gasteiger partial charge in [-0.2, -0.15) is 0 Å². The quantitative estimate of drug-likeness (QED) is 0.231. The number of likely N-dealkylation sites (tertiary alicyclic amines) is 2. The molecule has 4 aromatic carbocycles. The van der Waals surface area contributed by atoms with Gasteiger partial charge in [0.15, 0.2) is 11.5 Å². The maximum Gasteiger partial charge on any atom is 0.169 e. The molecule has 0 radical (unpaired) electrons. The van der Waals surface area contributed by atoms with E-state index in [1.807, 2.05) is 30.3 Å². The number of hydrogen-bond donors (Lipinski definition) is 3. The minimum atomic E-state index is 0.187. The second-order valence-corrected chi connectivity index (χ2v) is 12.8. The lowest BCUT2D eigenvalue weighted by Crippen LogP contribution is -2.18. The van der Waals surface area contributed by atoms with Crippen LogP contribution in [0, 0.1) is 0 Å². The van der Waals surface area contributed by atoms with Crippen molar-refractivity contribution in [3.8, 4) is 39.9 Å². The molecule has 10 rings (SSSR count). The third kappa shape index (κ3) is 6.15. The molecule has 228 valence electrons. The van der Waals surface area contributed by atoms with Crippen LogP contribution in [0.2, 0.25) is 0 Å². The number of phenolic OH excluding ortho intramolecular Hbond substituents is 3. The van der Waals surface area contributed by atoms with Crippen LogP contribution in [0.1, 0.15) is 59.1 Å². The van der Waals surface area contributed by atoms with Crippen LogP contribution >= 0.6 is 0 Å². The molecule has 6 nitrogen and oxygen atoms in total. The number of nitrogens with zero attached hydrogens (tertiary/aromatic N) is 2. The van der Waals surface area contributed by atoms with Crippen molar-refractivity contribution in [2.75, 3.05) is 26.2 Å². The fourth-order valence-corrected chi connectivity index (χ4v) is 7.11. The van der Waals surface area contributed by atoms with Gasteiger partial charge in [0, 0.05) is 35.3 Å². The second-order valence-electron chi connectivity index (χ2n) is 12.8. The van der Waals surface area contributed by atoms with Crippen LogP contribution in [0.15, 0.2) is 66.7 Å². The molecule has 2 fully saturated rings. The zero-order chi connectivity index (χ0) is 30.0. The monoisotopic (exact) mass is 590 g/mol. The lowest BCUT2D eigenvalue weighted by atomic mass is 9.90. The molecule has 2 saturated heterocycles. The first-order chi connectivity index (χ1) is 21.5. The number of aryl methyl sites for hydroxylation is 4. The average molecular weight is 591 g/mol. The van der Waals surface area contributed by atoms with Gasteiger partial charge in [-0.15, -0.1) is 0 Å². The predicted molar refractivity (Wildman–Crippen MR) is 174 cm³/mol. The fraction of sp³-hybridized carbons (Fsp3) is 0.368. The van der Waals surface area contributed by atoms with Gasteiger partial charge in [-0.1, -0.05) is 42.5 Å². The lowest BCUT2D eigenvalue weighted by Gasteiger charge is -2.21. The van der Waals surface area contributed by atoms with Crippen molar-refractivity contribution in [3.05, 3.63) is 100 Å². The summed E-state index contributed by atoms with van der Waals surface area (Å²) in [4.78, 5) is 4.77. The highest BCUT2D eigenvalue weighted by Gasteiger charge is 2.22. The van der Waals surface area contributed by atoms with Crippen molar-refractivity contribution in [1.29, 1.82) is 0 Å². The summed E-state index contributed by atoms with van der Waals surface area (Å²) >= 11 is 0. The Morgan fingerprint density at radius 1 is 0.568 bits per heavy atom. The highest BCUT2D eigenvalue weighted by atomic mass is 16.5. The Labute approximate surface area is 260 Å². The summed E-state index contributed by atoms with van der Waals surface area (Å²) in [5.74, 6) is 1.85. The van der Waals surface area contributed by atoms with Crippen LogP contribution < -0.4 is 4.74 Å². The van der Waals surface area contributed by atoms with Gasteiger partial charge in [0.2, 0.25) is 0 Å². The first kappa shape index (κ1) is 28.8. The van der Waals surface area contributed by atoms with Crippen LogP contribution in [0.5, 0.6) is 28.7 Å². The minimum Gasteiger partial charge on any atom is -0.507 e. The molecule has 6 aliphatic rings. The van der Waals surface area contributed by atoms with Crippen LogP contribution in [0.25, 0.3) is 11.1 Å². The van der Waals surface area contributed by atoms with Crippen molar-refractivity contribution in [3.63, 3.8) is 0 Å². The molecule has 6 aliphatic heterocycles. The smallest absolute Gasteiger partial charge is 0.169 e. The van der Waals surface area contributed by atoms with Crippen molar-refractivity contribution in [2.45, 2.75) is 64.5 Å². The average Bonchev–Trinajstić information content (AvgIpc) is 3.74. The molecule has 6 bridgehead atoms. The van der Waals surface area contributed by atoms with E-state index in [0.717, 1.165) is 90.8 Å². The lowest BCUT2D eigenvalue weighted by molar-refractivity contribution is 0.320. The minimum absolute atomic E-state index is 0.187. The summed E-state index contributed by atoms with van der Waals surface area (Å²) in [7, 11) is 0. The Hall–Kier alpha value is -4.00. The molecule has 0 saturated carbocycles. The van der Waals surface area contributed by atoms with Gasteiger partial charge >= 0.3 is 0 Å². The summed E-state index contributed by atoms with van der Waals surface area (Å²) in [5.41, 5.74) is 7.48. The van der Waals surface area contributed by atoms with E-state index in [9.17, 15) is 15.3 Å². The molecule has 4 aromatic rings. The first-order valence-electron chi connectivity index (χ1n) is 16.2. The van der Waals surface area contributed by atoms with E-state index in [-0.39, 0.29) is 17.2 Å². The summed E-state index contributed by atoms with van der Waals surface area (Å²) in [6.45, 7) is 5.62. The van der Waals surface area contributed by atoms with Gasteiger partial charge in [0.1, 0.15) is 17.2 Å². The Morgan fingerprint density at radius 2 is 1.20 bits per heavy atom. The van der Waals surface area contributed by atoms with E-state index in [1.165, 1.54) is 25.7 Å². The fourth-order valence-electron chi connectivity index (χ4n) is 7.11. The zero-order valence-corrected chi connectivity index (χ0v) is 25.4. The number of ether oxygens (including phenoxy) is 1. The van der Waals surface area contributed by atoms with Gasteiger partial charge < -0.3 is 20.1 Å². The molecular weight excluding hydrogens is 548 g/mol. The van der Waals surface area contributed by atoms with Gasteiger partial charge in [-0.25, -0.2) is 0 Å². The van der Waals surface area contributed by atoms with Crippen LogP contribution in [0.3, 0.4) is 0 Å². The largest absolute Gasteiger partial charge is 0.507 e. The Bertz CT molecular complexity index is 1640. The van der Waals surface area contributed by atoms with Gasteiger partial charge in [0.05, 0.1) is 0 Å². The Balaban J connectivity index is 1.26. The van der Waals surface area contributed by atoms with E-state index in [2.05, 4.69) is 46.2 Å². The van der Waals surface area contributed by atoms with Crippen LogP contribution in [-0.4, -0.2) is 51.3 Å². The molecule has 0 aliphatic carbocycles. The highest BCUT2D eigenvalue weighted by molar-refractivity contribution is 5.80. The topological polar surface area (TPSA) is 76.4 Å². The standard InChI is InChI=1S/C38H42N2O4/c41-34-22-27-5-6-28-21-31(25-40-19-3-4-20-40)37(42)35(23-28)44-32-14-8-26(9-15-32)7-11-29-12-13-30(24-39-17-1-2-18-39)38(43)36(29)33(34)16-10-27/h8-10,12-16,21-23,41-43H,1-7,11,17-20,24-25H2. The SMILES string of the molecule is Oc1cc2ccc1-c1c(ccc(CN3CCCC3)c1O)CCc1ccc(cc1)Oc1cc(cc(CN3CCCC3)c1O)CC2. The molecule has 6 heterocycles. The van der Waals surface area contributed by atoms with E-state index in [1.54, 1.807) is 0 Å². The van der Waals surface area contributed by atoms with Crippen molar-refractivity contribution in [2.24, 2.45) is 0 Å². The molecule has 0 spiro atoms. The molecule has 0 atom stereocenters. The third-order valence-electron chi connectivity index (χ3n) is 9.61. The molecular formula is C38H42N2O4. The first-order valence-corrected chi connectivity index (χ1v) is 16.2. The van der Waals surface area contributed by atoms with E-state index in [4.69, 9.17) is 4.74 Å². The van der Waals surface area contributed by atoms with Crippen molar-refractivity contribution < 1.29 is 20.1 Å². The van der Waals surface area contributed by atoms with Crippen LogP contribution in [-0.2, 0) is 38.8 Å². The normalized spacial score (nSPS) is 17.4. The van der Waals surface area contributed by atoms with Crippen molar-refractivity contribution in [1.82, 2.24) is 9.80 Å². The molecule has 3 N–H and O–H groups in total. The van der Waals surface area contributed by atoms with Gasteiger partial charge in [-0.05, 0) is 124 Å². The van der Waals surface area contributed by atoms with Gasteiger partial charge in [-0.3, -0.25) is 9.80 Å². The van der Waals surface area contributed by atoms with Crippen LogP contribution in [0.4, 0.5) is 0 Å². The number of aromatic hydroxyl groups is 3. The number of benzene rings is 4. The molecule has 0 aromatic heterocycles. The number of hydrogen-bond acceptors (Lipinski definition) is 6. The molecule has 6 heteroatoms. The number of rotatable bonds is 4. The Kier molecular flexibility index (Phi) is 8.20. The maximum absolute atomic E-state index is 11.6. The predicted octanol–water partition coefficient (Wildman–Crippen LogP) is 7.34. The summed E-state index contributed by atoms with van der Waals surface area (Å²) in [5, 5.41) is 34.2. The maximum atomic E-state index is 11.6. The molecule has 0 unspecified atom stereocenters. The third-order valence-corrected chi connectivity index (χ3v) is 9.61. The van der Waals surface area contributed by atoms with Crippen molar-refractivity contribution >= 4 is 0 Å². The zero-order valence-electron chi connectivity index (χ0n) is 25.4. The summed E-state index contributed by atoms with van der Waals surface area (Å²) in [6, 6.07) is 22.2. The molecule has 44 heavy (non-hydrogen) atoms. The highest BCUT2D eigenvalue weighted by Crippen LogP contribution is 2.42. The summed E-state index contributed by atoms with van der Waals surface area (Å²) < 4.78 is 6.29. The van der Waals surface area contributed by atoms with E-state index >= 15 is 0 Å². The number of phenols is 3. The summed E-state index contributed by atoms with van der Waals surface area (Å²) in [6.07, 6.45) is 7.74. The van der Waals surface area contributed by atoms with E-state index < -0.39 is 0 Å². The second kappa shape index (κ2) is 12.5. The van der Waals surface area contributed by atoms with E-state index in [0.29, 0.717) is 30.2 Å².